The Morgan fingerprint density at radius 2 is 1.81 bits per heavy atom. The Labute approximate surface area is 194 Å². The Kier molecular flexibility index (Phi) is 8.09. The lowest BCUT2D eigenvalue weighted by atomic mass is 9.90. The Morgan fingerprint density at radius 1 is 1.06 bits per heavy atom. The summed E-state index contributed by atoms with van der Waals surface area (Å²) < 4.78 is 0. The van der Waals surface area contributed by atoms with Gasteiger partial charge in [-0.3, -0.25) is 4.79 Å². The summed E-state index contributed by atoms with van der Waals surface area (Å²) in [5.74, 6) is 1.96. The fourth-order valence-corrected chi connectivity index (χ4v) is 5.46. The standard InChI is InChI=1S/C24H31ClN4OS/c25-21-16-22(29-13-11-19(12-14-29)15-18-7-3-1-4-8-18)28-24(27-21)31-17-23(30)26-20-9-5-2-6-10-20/h1,3-4,7-8,16,19-20H,2,5-6,9-15,17H2,(H,26,30). The van der Waals surface area contributed by atoms with Crippen molar-refractivity contribution in [2.24, 2.45) is 5.92 Å². The van der Waals surface area contributed by atoms with E-state index in [1.807, 2.05) is 6.07 Å². The molecule has 1 aromatic heterocycles. The number of nitrogens with zero attached hydrogens (tertiary/aromatic N) is 3. The first-order valence-corrected chi connectivity index (χ1v) is 12.8. The van der Waals surface area contributed by atoms with Crippen molar-refractivity contribution in [2.45, 2.75) is 62.6 Å². The second-order valence-electron chi connectivity index (χ2n) is 8.64. The third-order valence-electron chi connectivity index (χ3n) is 6.27. The molecule has 0 radical (unpaired) electrons. The first kappa shape index (κ1) is 22.4. The van der Waals surface area contributed by atoms with E-state index in [1.165, 1.54) is 36.6 Å². The van der Waals surface area contributed by atoms with Crippen LogP contribution in [0.25, 0.3) is 0 Å². The van der Waals surface area contributed by atoms with Crippen molar-refractivity contribution in [3.05, 3.63) is 47.1 Å². The van der Waals surface area contributed by atoms with Gasteiger partial charge in [0.15, 0.2) is 5.16 Å². The minimum absolute atomic E-state index is 0.0590. The number of anilines is 1. The summed E-state index contributed by atoms with van der Waals surface area (Å²) >= 11 is 7.65. The van der Waals surface area contributed by atoms with Crippen molar-refractivity contribution < 1.29 is 4.79 Å². The zero-order valence-corrected chi connectivity index (χ0v) is 19.5. The molecule has 7 heteroatoms. The summed E-state index contributed by atoms with van der Waals surface area (Å²) in [5, 5.41) is 4.16. The molecule has 5 nitrogen and oxygen atoms in total. The molecule has 0 atom stereocenters. The summed E-state index contributed by atoms with van der Waals surface area (Å²) in [6, 6.07) is 12.9. The van der Waals surface area contributed by atoms with Crippen LogP contribution in [0.3, 0.4) is 0 Å². The number of carbonyl (C=O) groups is 1. The van der Waals surface area contributed by atoms with Crippen molar-refractivity contribution in [1.82, 2.24) is 15.3 Å². The number of hydrogen-bond donors (Lipinski definition) is 1. The van der Waals surface area contributed by atoms with Gasteiger partial charge in [-0.25, -0.2) is 9.97 Å². The number of thioether (sulfide) groups is 1. The second-order valence-corrected chi connectivity index (χ2v) is 9.97. The highest BCUT2D eigenvalue weighted by Crippen LogP contribution is 2.27. The van der Waals surface area contributed by atoms with Crippen LogP contribution in [0.5, 0.6) is 0 Å². The number of nitrogens with one attached hydrogen (secondary N) is 1. The summed E-state index contributed by atoms with van der Waals surface area (Å²) in [4.78, 5) is 23.6. The molecule has 1 amide bonds. The van der Waals surface area contributed by atoms with Crippen LogP contribution in [0.2, 0.25) is 5.15 Å². The molecule has 0 bridgehead atoms. The number of rotatable bonds is 7. The van der Waals surface area contributed by atoms with Crippen molar-refractivity contribution >= 4 is 35.1 Å². The van der Waals surface area contributed by atoms with Crippen molar-refractivity contribution in [3.8, 4) is 0 Å². The summed E-state index contributed by atoms with van der Waals surface area (Å²) in [7, 11) is 0. The quantitative estimate of drug-likeness (QED) is 0.354. The first-order chi connectivity index (χ1) is 15.2. The zero-order valence-electron chi connectivity index (χ0n) is 17.9. The van der Waals surface area contributed by atoms with E-state index in [0.717, 1.165) is 51.0 Å². The maximum Gasteiger partial charge on any atom is 0.230 e. The molecular weight excluding hydrogens is 428 g/mol. The lowest BCUT2D eigenvalue weighted by Crippen LogP contribution is -2.37. The normalized spacial score (nSPS) is 18.2. The number of amides is 1. The summed E-state index contributed by atoms with van der Waals surface area (Å²) in [6.07, 6.45) is 9.30. The maximum atomic E-state index is 12.3. The summed E-state index contributed by atoms with van der Waals surface area (Å²) in [5.41, 5.74) is 1.41. The highest BCUT2D eigenvalue weighted by Gasteiger charge is 2.22. The fraction of sp³-hybridized carbons (Fsp3) is 0.542. The zero-order chi connectivity index (χ0) is 21.5. The van der Waals surface area contributed by atoms with Gasteiger partial charge >= 0.3 is 0 Å². The van der Waals surface area contributed by atoms with Gasteiger partial charge in [0.05, 0.1) is 5.75 Å². The molecule has 1 aliphatic heterocycles. The molecule has 1 saturated heterocycles. The molecule has 1 saturated carbocycles. The molecule has 4 rings (SSSR count). The molecule has 1 aromatic carbocycles. The molecule has 2 heterocycles. The third-order valence-corrected chi connectivity index (χ3v) is 7.31. The van der Waals surface area contributed by atoms with E-state index in [2.05, 4.69) is 45.5 Å². The van der Waals surface area contributed by atoms with Crippen LogP contribution in [0.4, 0.5) is 5.82 Å². The van der Waals surface area contributed by atoms with Gasteiger partial charge in [-0.2, -0.15) is 0 Å². The van der Waals surface area contributed by atoms with E-state index in [1.54, 1.807) is 0 Å². The topological polar surface area (TPSA) is 58.1 Å². The Balaban J connectivity index is 1.28. The highest BCUT2D eigenvalue weighted by atomic mass is 35.5. The number of aromatic nitrogens is 2. The van der Waals surface area contributed by atoms with Gasteiger partial charge in [0.25, 0.3) is 0 Å². The van der Waals surface area contributed by atoms with Crippen LogP contribution in [0.1, 0.15) is 50.5 Å². The Bertz CT molecular complexity index is 852. The predicted molar refractivity (Wildman–Crippen MR) is 128 cm³/mol. The number of benzene rings is 1. The number of carbonyl (C=O) groups excluding carboxylic acids is 1. The van der Waals surface area contributed by atoms with E-state index in [0.29, 0.717) is 28.0 Å². The number of halogens is 1. The Morgan fingerprint density at radius 3 is 2.55 bits per heavy atom. The molecule has 2 aliphatic rings. The highest BCUT2D eigenvalue weighted by molar-refractivity contribution is 7.99. The number of piperidine rings is 1. The van der Waals surface area contributed by atoms with Crippen LogP contribution >= 0.6 is 23.4 Å². The van der Waals surface area contributed by atoms with E-state index in [4.69, 9.17) is 16.6 Å². The largest absolute Gasteiger partial charge is 0.356 e. The van der Waals surface area contributed by atoms with Gasteiger partial charge in [0.1, 0.15) is 11.0 Å². The average molecular weight is 459 g/mol. The monoisotopic (exact) mass is 458 g/mol. The maximum absolute atomic E-state index is 12.3. The fourth-order valence-electron chi connectivity index (χ4n) is 4.57. The van der Waals surface area contributed by atoms with Gasteiger partial charge in [-0.05, 0) is 43.6 Å². The molecule has 31 heavy (non-hydrogen) atoms. The summed E-state index contributed by atoms with van der Waals surface area (Å²) in [6.45, 7) is 1.94. The molecule has 1 N–H and O–H groups in total. The SMILES string of the molecule is O=C(CSc1nc(Cl)cc(N2CCC(Cc3ccccc3)CC2)n1)NC1CCCCC1. The van der Waals surface area contributed by atoms with Crippen molar-refractivity contribution in [2.75, 3.05) is 23.7 Å². The molecule has 0 unspecified atom stereocenters. The van der Waals surface area contributed by atoms with Gasteiger partial charge in [-0.15, -0.1) is 0 Å². The lowest BCUT2D eigenvalue weighted by Gasteiger charge is -2.33. The molecule has 1 aliphatic carbocycles. The molecular formula is C24H31ClN4OS. The van der Waals surface area contributed by atoms with E-state index in [9.17, 15) is 4.79 Å². The molecule has 2 aromatic rings. The minimum Gasteiger partial charge on any atom is -0.356 e. The van der Waals surface area contributed by atoms with Crippen molar-refractivity contribution in [1.29, 1.82) is 0 Å². The first-order valence-electron chi connectivity index (χ1n) is 11.4. The minimum atomic E-state index is 0.0590. The predicted octanol–water partition coefficient (Wildman–Crippen LogP) is 5.13. The molecule has 0 spiro atoms. The van der Waals surface area contributed by atoms with Gasteiger partial charge in [-0.1, -0.05) is 73.0 Å². The second kappa shape index (κ2) is 11.2. The van der Waals surface area contributed by atoms with Crippen LogP contribution < -0.4 is 10.2 Å². The van der Waals surface area contributed by atoms with E-state index in [-0.39, 0.29) is 5.91 Å². The van der Waals surface area contributed by atoms with Crippen LogP contribution in [0, 0.1) is 5.92 Å². The average Bonchev–Trinajstić information content (AvgIpc) is 2.79. The van der Waals surface area contributed by atoms with E-state index < -0.39 is 0 Å². The third kappa shape index (κ3) is 6.84. The van der Waals surface area contributed by atoms with Gasteiger partial charge in [0, 0.05) is 25.2 Å². The van der Waals surface area contributed by atoms with Crippen LogP contribution in [-0.4, -0.2) is 40.8 Å². The number of hydrogen-bond acceptors (Lipinski definition) is 5. The van der Waals surface area contributed by atoms with Gasteiger partial charge in [0.2, 0.25) is 5.91 Å². The van der Waals surface area contributed by atoms with Gasteiger partial charge < -0.3 is 10.2 Å². The molecule has 2 fully saturated rings. The van der Waals surface area contributed by atoms with Crippen molar-refractivity contribution in [3.63, 3.8) is 0 Å². The van der Waals surface area contributed by atoms with Crippen LogP contribution in [0.15, 0.2) is 41.6 Å². The Hall–Kier alpha value is -1.79. The molecule has 166 valence electrons. The lowest BCUT2D eigenvalue weighted by molar-refractivity contribution is -0.119. The van der Waals surface area contributed by atoms with E-state index >= 15 is 0 Å². The smallest absolute Gasteiger partial charge is 0.230 e. The van der Waals surface area contributed by atoms with Crippen LogP contribution in [-0.2, 0) is 11.2 Å².